The Morgan fingerprint density at radius 2 is 1.96 bits per heavy atom. The number of hydrogen-bond donors (Lipinski definition) is 1. The molecule has 26 heavy (non-hydrogen) atoms. The number of aryl methyl sites for hydroxylation is 1. The highest BCUT2D eigenvalue weighted by Crippen LogP contribution is 2.19. The summed E-state index contributed by atoms with van der Waals surface area (Å²) in [5, 5.41) is 10.5. The summed E-state index contributed by atoms with van der Waals surface area (Å²) >= 11 is 1.57. The van der Waals surface area contributed by atoms with E-state index < -0.39 is 0 Å². The molecule has 3 aromatic rings. The van der Waals surface area contributed by atoms with Gasteiger partial charge in [0.2, 0.25) is 5.91 Å². The van der Waals surface area contributed by atoms with Gasteiger partial charge in [-0.2, -0.15) is 5.10 Å². The van der Waals surface area contributed by atoms with E-state index in [1.54, 1.807) is 11.3 Å². The number of benzene rings is 1. The van der Waals surface area contributed by atoms with Gasteiger partial charge in [0.1, 0.15) is 0 Å². The standard InChI is InChI=1S/C19H23N5OS/c1-13-17(14(2)24(22-13)16-8-6-5-7-9-16)10-18(25)20-11-15-12-26-19(21-15)23(3)4/h5-9,12H,10-11H2,1-4H3,(H,20,25). The summed E-state index contributed by atoms with van der Waals surface area (Å²) in [5.41, 5.74) is 4.72. The second kappa shape index (κ2) is 7.70. The Balaban J connectivity index is 1.66. The van der Waals surface area contributed by atoms with E-state index >= 15 is 0 Å². The molecule has 0 spiro atoms. The van der Waals surface area contributed by atoms with E-state index in [1.807, 2.05) is 73.2 Å². The average molecular weight is 369 g/mol. The lowest BCUT2D eigenvalue weighted by atomic mass is 10.1. The Labute approximate surface area is 157 Å². The van der Waals surface area contributed by atoms with Crippen LogP contribution in [0.2, 0.25) is 0 Å². The molecule has 3 rings (SSSR count). The highest BCUT2D eigenvalue weighted by molar-refractivity contribution is 7.13. The first-order chi connectivity index (χ1) is 12.5. The maximum absolute atomic E-state index is 12.4. The number of nitrogens with zero attached hydrogens (tertiary/aromatic N) is 4. The van der Waals surface area contributed by atoms with Gasteiger partial charge in [-0.1, -0.05) is 18.2 Å². The molecule has 1 amide bonds. The van der Waals surface area contributed by atoms with Gasteiger partial charge in [-0.25, -0.2) is 9.67 Å². The van der Waals surface area contributed by atoms with Crippen LogP contribution in [0.1, 0.15) is 22.6 Å². The number of amides is 1. The number of para-hydroxylation sites is 1. The molecule has 0 atom stereocenters. The monoisotopic (exact) mass is 369 g/mol. The lowest BCUT2D eigenvalue weighted by molar-refractivity contribution is -0.120. The molecule has 1 N–H and O–H groups in total. The number of thiazole rings is 1. The Kier molecular flexibility index (Phi) is 5.37. The van der Waals surface area contributed by atoms with Gasteiger partial charge < -0.3 is 10.2 Å². The minimum Gasteiger partial charge on any atom is -0.354 e. The predicted octanol–water partition coefficient (Wildman–Crippen LogP) is 2.87. The molecule has 0 radical (unpaired) electrons. The van der Waals surface area contributed by atoms with Crippen LogP contribution in [0.15, 0.2) is 35.7 Å². The van der Waals surface area contributed by atoms with Crippen molar-refractivity contribution in [2.45, 2.75) is 26.8 Å². The van der Waals surface area contributed by atoms with Crippen LogP contribution in [0.3, 0.4) is 0 Å². The summed E-state index contributed by atoms with van der Waals surface area (Å²) < 4.78 is 1.89. The third kappa shape index (κ3) is 3.94. The topological polar surface area (TPSA) is 63.1 Å². The third-order valence-corrected chi connectivity index (χ3v) is 5.23. The minimum absolute atomic E-state index is 0.0248. The van der Waals surface area contributed by atoms with Crippen LogP contribution in [-0.2, 0) is 17.8 Å². The van der Waals surface area contributed by atoms with Crippen LogP contribution in [0.25, 0.3) is 5.69 Å². The third-order valence-electron chi connectivity index (χ3n) is 4.17. The normalized spacial score (nSPS) is 10.8. The summed E-state index contributed by atoms with van der Waals surface area (Å²) in [5.74, 6) is -0.0248. The van der Waals surface area contributed by atoms with Crippen LogP contribution in [-0.4, -0.2) is 34.8 Å². The maximum atomic E-state index is 12.4. The predicted molar refractivity (Wildman–Crippen MR) is 105 cm³/mol. The second-order valence-corrected chi connectivity index (χ2v) is 7.20. The Morgan fingerprint density at radius 1 is 1.23 bits per heavy atom. The average Bonchev–Trinajstić information content (AvgIpc) is 3.21. The van der Waals surface area contributed by atoms with Crippen LogP contribution in [0.5, 0.6) is 0 Å². The molecule has 0 bridgehead atoms. The fraction of sp³-hybridized carbons (Fsp3) is 0.316. The first-order valence-corrected chi connectivity index (χ1v) is 9.32. The fourth-order valence-electron chi connectivity index (χ4n) is 2.75. The zero-order valence-corrected chi connectivity index (χ0v) is 16.3. The fourth-order valence-corrected chi connectivity index (χ4v) is 3.50. The maximum Gasteiger partial charge on any atom is 0.224 e. The van der Waals surface area contributed by atoms with E-state index in [-0.39, 0.29) is 5.91 Å². The summed E-state index contributed by atoms with van der Waals surface area (Å²) in [6, 6.07) is 9.95. The van der Waals surface area contributed by atoms with Crippen molar-refractivity contribution in [3.8, 4) is 5.69 Å². The van der Waals surface area contributed by atoms with Gasteiger partial charge in [0, 0.05) is 30.7 Å². The van der Waals surface area contributed by atoms with Crippen molar-refractivity contribution in [2.24, 2.45) is 0 Å². The van der Waals surface area contributed by atoms with Gasteiger partial charge >= 0.3 is 0 Å². The molecule has 0 aliphatic carbocycles. The molecular weight excluding hydrogens is 346 g/mol. The highest BCUT2D eigenvalue weighted by atomic mass is 32.1. The van der Waals surface area contributed by atoms with Crippen molar-refractivity contribution in [3.63, 3.8) is 0 Å². The zero-order valence-electron chi connectivity index (χ0n) is 15.5. The number of aromatic nitrogens is 3. The van der Waals surface area contributed by atoms with Crippen molar-refractivity contribution in [2.75, 3.05) is 19.0 Å². The van der Waals surface area contributed by atoms with Crippen molar-refractivity contribution >= 4 is 22.4 Å². The van der Waals surface area contributed by atoms with E-state index in [0.29, 0.717) is 13.0 Å². The molecule has 2 heterocycles. The second-order valence-electron chi connectivity index (χ2n) is 6.37. The molecule has 136 valence electrons. The van der Waals surface area contributed by atoms with E-state index in [9.17, 15) is 4.79 Å². The SMILES string of the molecule is Cc1nn(-c2ccccc2)c(C)c1CC(=O)NCc1csc(N(C)C)n1. The van der Waals surface area contributed by atoms with Gasteiger partial charge in [0.15, 0.2) is 5.13 Å². The number of anilines is 1. The quantitative estimate of drug-likeness (QED) is 0.726. The van der Waals surface area contributed by atoms with Gasteiger partial charge in [0.05, 0.1) is 30.0 Å². The smallest absolute Gasteiger partial charge is 0.224 e. The lowest BCUT2D eigenvalue weighted by Gasteiger charge is -2.07. The van der Waals surface area contributed by atoms with Gasteiger partial charge in [-0.15, -0.1) is 11.3 Å². The van der Waals surface area contributed by atoms with Crippen LogP contribution < -0.4 is 10.2 Å². The van der Waals surface area contributed by atoms with Gasteiger partial charge in [0.25, 0.3) is 0 Å². The number of carbonyl (C=O) groups is 1. The first kappa shape index (κ1) is 18.1. The Morgan fingerprint density at radius 3 is 2.62 bits per heavy atom. The summed E-state index contributed by atoms with van der Waals surface area (Å²) in [6.07, 6.45) is 0.315. The molecule has 0 saturated carbocycles. The van der Waals surface area contributed by atoms with Crippen molar-refractivity contribution in [1.82, 2.24) is 20.1 Å². The van der Waals surface area contributed by atoms with Gasteiger partial charge in [-0.05, 0) is 26.0 Å². The van der Waals surface area contributed by atoms with E-state index in [4.69, 9.17) is 0 Å². The van der Waals surface area contributed by atoms with Crippen LogP contribution in [0, 0.1) is 13.8 Å². The molecule has 0 aliphatic heterocycles. The Bertz CT molecular complexity index is 898. The number of hydrogen-bond acceptors (Lipinski definition) is 5. The summed E-state index contributed by atoms with van der Waals surface area (Å²) in [7, 11) is 3.91. The lowest BCUT2D eigenvalue weighted by Crippen LogP contribution is -2.25. The molecule has 6 nitrogen and oxygen atoms in total. The summed E-state index contributed by atoms with van der Waals surface area (Å²) in [6.45, 7) is 4.38. The molecule has 0 aliphatic rings. The largest absolute Gasteiger partial charge is 0.354 e. The molecule has 0 saturated heterocycles. The molecule has 0 fully saturated rings. The Hall–Kier alpha value is -2.67. The van der Waals surface area contributed by atoms with E-state index in [1.165, 1.54) is 0 Å². The number of nitrogens with one attached hydrogen (secondary N) is 1. The molecular formula is C19H23N5OS. The van der Waals surface area contributed by atoms with Gasteiger partial charge in [-0.3, -0.25) is 4.79 Å². The number of carbonyl (C=O) groups excluding carboxylic acids is 1. The minimum atomic E-state index is -0.0248. The van der Waals surface area contributed by atoms with Crippen LogP contribution in [0.4, 0.5) is 5.13 Å². The molecule has 0 unspecified atom stereocenters. The highest BCUT2D eigenvalue weighted by Gasteiger charge is 2.16. The van der Waals surface area contributed by atoms with Crippen LogP contribution >= 0.6 is 11.3 Å². The van der Waals surface area contributed by atoms with E-state index in [2.05, 4.69) is 15.4 Å². The zero-order chi connectivity index (χ0) is 18.7. The van der Waals surface area contributed by atoms with Crippen molar-refractivity contribution in [1.29, 1.82) is 0 Å². The van der Waals surface area contributed by atoms with Crippen molar-refractivity contribution in [3.05, 3.63) is 58.4 Å². The number of rotatable bonds is 6. The summed E-state index contributed by atoms with van der Waals surface area (Å²) in [4.78, 5) is 18.8. The van der Waals surface area contributed by atoms with E-state index in [0.717, 1.165) is 33.5 Å². The molecule has 1 aromatic carbocycles. The first-order valence-electron chi connectivity index (χ1n) is 8.44. The molecule has 2 aromatic heterocycles. The molecule has 7 heteroatoms. The van der Waals surface area contributed by atoms with Crippen molar-refractivity contribution < 1.29 is 4.79 Å².